The molecule has 0 aromatic rings. The van der Waals surface area contributed by atoms with Gasteiger partial charge in [-0.2, -0.15) is 0 Å². The van der Waals surface area contributed by atoms with Crippen LogP contribution < -0.4 is 0 Å². The van der Waals surface area contributed by atoms with E-state index in [1.165, 1.54) is 38.5 Å². The van der Waals surface area contributed by atoms with Gasteiger partial charge >= 0.3 is 51.4 Å². The molecule has 0 aromatic heterocycles. The van der Waals surface area contributed by atoms with E-state index in [0.29, 0.717) is 10.3 Å². The summed E-state index contributed by atoms with van der Waals surface area (Å²) < 4.78 is 5.66. The molecule has 0 aliphatic rings. The fourth-order valence-electron chi connectivity index (χ4n) is 1.59. The van der Waals surface area contributed by atoms with Gasteiger partial charge in [-0.1, -0.05) is 52.2 Å². The first kappa shape index (κ1) is 19.2. The Morgan fingerprint density at radius 1 is 1.20 bits per heavy atom. The van der Waals surface area contributed by atoms with Crippen LogP contribution in [0.25, 0.3) is 0 Å². The standard InChI is InChI=1S/C11H22OS2.K.H/c1-3-5-6-8-10(7-4-2)9-12-11(13)14;;/h10H,3-9H2,1-2H3,(H,13,14);;. The zero-order valence-corrected chi connectivity index (χ0v) is 11.0. The first-order valence-corrected chi connectivity index (χ1v) is 6.41. The van der Waals surface area contributed by atoms with Gasteiger partial charge in [-0.25, -0.2) is 0 Å². The molecule has 86 valence electrons. The number of hydrogen-bond acceptors (Lipinski definition) is 2. The van der Waals surface area contributed by atoms with Crippen LogP contribution in [-0.4, -0.2) is 62.4 Å². The molecule has 4 heteroatoms. The maximum atomic E-state index is 5.28. The van der Waals surface area contributed by atoms with Crippen LogP contribution in [0.15, 0.2) is 0 Å². The second kappa shape index (κ2) is 13.9. The summed E-state index contributed by atoms with van der Waals surface area (Å²) in [5.41, 5.74) is 0. The Balaban J connectivity index is 0. The van der Waals surface area contributed by atoms with Gasteiger partial charge in [0.25, 0.3) is 0 Å². The summed E-state index contributed by atoms with van der Waals surface area (Å²) in [6.07, 6.45) is 7.64. The number of hydrogen-bond donors (Lipinski definition) is 1. The van der Waals surface area contributed by atoms with Crippen LogP contribution in [0.4, 0.5) is 0 Å². The zero-order valence-electron chi connectivity index (χ0n) is 9.29. The molecular weight excluding hydrogens is 251 g/mol. The third-order valence-electron chi connectivity index (χ3n) is 2.36. The third kappa shape index (κ3) is 13.8. The first-order valence-electron chi connectivity index (χ1n) is 5.56. The van der Waals surface area contributed by atoms with Crippen LogP contribution in [-0.2, 0) is 4.74 Å². The van der Waals surface area contributed by atoms with Crippen molar-refractivity contribution in [3.05, 3.63) is 0 Å². The maximum absolute atomic E-state index is 5.28. The number of thiol groups is 1. The Labute approximate surface area is 148 Å². The molecule has 0 aliphatic heterocycles. The molecule has 0 saturated carbocycles. The van der Waals surface area contributed by atoms with Crippen molar-refractivity contribution in [1.82, 2.24) is 0 Å². The predicted molar refractivity (Wildman–Crippen MR) is 77.2 cm³/mol. The van der Waals surface area contributed by atoms with Crippen LogP contribution in [0.5, 0.6) is 0 Å². The molecule has 0 heterocycles. The van der Waals surface area contributed by atoms with Gasteiger partial charge in [-0.05, 0) is 31.0 Å². The number of rotatable bonds is 8. The van der Waals surface area contributed by atoms with E-state index in [1.54, 1.807) is 0 Å². The Hall–Kier alpha value is 1.88. The molecule has 1 unspecified atom stereocenters. The molecule has 15 heavy (non-hydrogen) atoms. The summed E-state index contributed by atoms with van der Waals surface area (Å²) in [7, 11) is 0. The topological polar surface area (TPSA) is 9.23 Å². The molecule has 0 N–H and O–H groups in total. The van der Waals surface area contributed by atoms with E-state index < -0.39 is 0 Å². The van der Waals surface area contributed by atoms with Crippen molar-refractivity contribution < 1.29 is 4.74 Å². The van der Waals surface area contributed by atoms with Crippen LogP contribution in [0.2, 0.25) is 0 Å². The second-order valence-electron chi connectivity index (χ2n) is 3.73. The first-order chi connectivity index (χ1) is 6.70. The van der Waals surface area contributed by atoms with Gasteiger partial charge in [-0.15, -0.1) is 0 Å². The van der Waals surface area contributed by atoms with E-state index in [1.807, 2.05) is 0 Å². The van der Waals surface area contributed by atoms with Gasteiger partial charge < -0.3 is 4.74 Å². The van der Waals surface area contributed by atoms with Gasteiger partial charge in [-0.3, -0.25) is 0 Å². The van der Waals surface area contributed by atoms with Crippen molar-refractivity contribution in [2.75, 3.05) is 6.61 Å². The van der Waals surface area contributed by atoms with Gasteiger partial charge in [0, 0.05) is 0 Å². The molecule has 0 fully saturated rings. The van der Waals surface area contributed by atoms with E-state index in [0.717, 1.165) is 6.61 Å². The Bertz CT molecular complexity index is 154. The minimum absolute atomic E-state index is 0. The fourth-order valence-corrected chi connectivity index (χ4v) is 1.73. The molecule has 0 radical (unpaired) electrons. The van der Waals surface area contributed by atoms with Crippen molar-refractivity contribution in [2.24, 2.45) is 5.92 Å². The fraction of sp³-hybridized carbons (Fsp3) is 0.909. The van der Waals surface area contributed by atoms with Crippen molar-refractivity contribution in [1.29, 1.82) is 0 Å². The van der Waals surface area contributed by atoms with E-state index in [-0.39, 0.29) is 51.4 Å². The zero-order chi connectivity index (χ0) is 10.8. The van der Waals surface area contributed by atoms with E-state index in [4.69, 9.17) is 17.0 Å². The van der Waals surface area contributed by atoms with Crippen molar-refractivity contribution >= 4 is 80.6 Å². The molecule has 0 bridgehead atoms. The summed E-state index contributed by atoms with van der Waals surface area (Å²) in [4.78, 5) is 0. The molecule has 0 aliphatic carbocycles. The summed E-state index contributed by atoms with van der Waals surface area (Å²) >= 11 is 8.73. The molecule has 1 nitrogen and oxygen atoms in total. The van der Waals surface area contributed by atoms with Crippen molar-refractivity contribution in [2.45, 2.75) is 52.4 Å². The van der Waals surface area contributed by atoms with E-state index in [2.05, 4.69) is 26.5 Å². The monoisotopic (exact) mass is 274 g/mol. The average Bonchev–Trinajstić information content (AvgIpc) is 2.14. The van der Waals surface area contributed by atoms with E-state index >= 15 is 0 Å². The van der Waals surface area contributed by atoms with Gasteiger partial charge in [0.1, 0.15) is 0 Å². The molecule has 1 atom stereocenters. The Kier molecular flexibility index (Phi) is 17.9. The molecule has 0 saturated heterocycles. The van der Waals surface area contributed by atoms with E-state index in [9.17, 15) is 0 Å². The second-order valence-corrected chi connectivity index (χ2v) is 4.81. The van der Waals surface area contributed by atoms with Crippen LogP contribution in [0.3, 0.4) is 0 Å². The van der Waals surface area contributed by atoms with Gasteiger partial charge in [0.2, 0.25) is 4.38 Å². The molecule has 0 rings (SSSR count). The molecular formula is C11H23KOS2. The Morgan fingerprint density at radius 2 is 1.87 bits per heavy atom. The number of thiocarbonyl (C=S) groups is 1. The SMILES string of the molecule is CCCCCC(CCC)COC(=S)S.[KH]. The third-order valence-corrected chi connectivity index (χ3v) is 2.60. The summed E-state index contributed by atoms with van der Waals surface area (Å²) in [5.74, 6) is 0.664. The molecule has 0 spiro atoms. The van der Waals surface area contributed by atoms with Crippen molar-refractivity contribution in [3.8, 4) is 0 Å². The predicted octanol–water partition coefficient (Wildman–Crippen LogP) is 3.57. The summed E-state index contributed by atoms with van der Waals surface area (Å²) in [6, 6.07) is 0. The number of ether oxygens (including phenoxy) is 1. The van der Waals surface area contributed by atoms with Crippen LogP contribution >= 0.6 is 24.8 Å². The van der Waals surface area contributed by atoms with Gasteiger partial charge in [0.15, 0.2) is 0 Å². The van der Waals surface area contributed by atoms with Crippen LogP contribution in [0, 0.1) is 5.92 Å². The number of unbranched alkanes of at least 4 members (excludes halogenated alkanes) is 2. The van der Waals surface area contributed by atoms with Crippen molar-refractivity contribution in [3.63, 3.8) is 0 Å². The molecule has 0 aromatic carbocycles. The minimum atomic E-state index is 0. The van der Waals surface area contributed by atoms with Crippen LogP contribution in [0.1, 0.15) is 52.4 Å². The molecule has 0 amide bonds. The normalized spacial score (nSPS) is 11.7. The summed E-state index contributed by atoms with van der Waals surface area (Å²) in [5, 5.41) is 0. The van der Waals surface area contributed by atoms with Gasteiger partial charge in [0.05, 0.1) is 6.61 Å². The quantitative estimate of drug-likeness (QED) is 0.314. The summed E-state index contributed by atoms with van der Waals surface area (Å²) in [6.45, 7) is 5.19. The Morgan fingerprint density at radius 3 is 2.33 bits per heavy atom. The average molecular weight is 275 g/mol.